The summed E-state index contributed by atoms with van der Waals surface area (Å²) >= 11 is 0. The van der Waals surface area contributed by atoms with E-state index >= 15 is 0 Å². The predicted molar refractivity (Wildman–Crippen MR) is 58.2 cm³/mol. The van der Waals surface area contributed by atoms with Gasteiger partial charge in [-0.2, -0.15) is 0 Å². The maximum atomic E-state index is 11.6. The second-order valence-corrected chi connectivity index (χ2v) is 5.32. The van der Waals surface area contributed by atoms with E-state index in [2.05, 4.69) is 5.32 Å². The van der Waals surface area contributed by atoms with Crippen LogP contribution in [0.25, 0.3) is 0 Å². The summed E-state index contributed by atoms with van der Waals surface area (Å²) in [7, 11) is 0. The van der Waals surface area contributed by atoms with Gasteiger partial charge >= 0.3 is 0 Å². The lowest BCUT2D eigenvalue weighted by Gasteiger charge is -2.18. The summed E-state index contributed by atoms with van der Waals surface area (Å²) in [6, 6.07) is 0.249. The lowest BCUT2D eigenvalue weighted by molar-refractivity contribution is -0.142. The van der Waals surface area contributed by atoms with E-state index in [9.17, 15) is 9.59 Å². The first-order valence-electron chi connectivity index (χ1n) is 5.41. The molecule has 15 heavy (non-hydrogen) atoms. The van der Waals surface area contributed by atoms with E-state index in [0.717, 1.165) is 19.3 Å². The Morgan fingerprint density at radius 3 is 2.27 bits per heavy atom. The molecule has 86 valence electrons. The van der Waals surface area contributed by atoms with E-state index in [1.165, 1.54) is 0 Å². The average molecular weight is 212 g/mol. The van der Waals surface area contributed by atoms with Crippen molar-refractivity contribution >= 4 is 11.7 Å². The van der Waals surface area contributed by atoms with Crippen molar-refractivity contribution in [1.82, 2.24) is 5.32 Å². The highest BCUT2D eigenvalue weighted by Crippen LogP contribution is 2.19. The molecule has 0 aliphatic heterocycles. The number of Topliss-reactive ketones (excluding diaryl/α,β-unsaturated/α-hetero) is 1. The Morgan fingerprint density at radius 2 is 1.87 bits per heavy atom. The zero-order valence-corrected chi connectivity index (χ0v) is 9.67. The highest BCUT2D eigenvalue weighted by atomic mass is 16.2. The van der Waals surface area contributed by atoms with Crippen LogP contribution in [0.15, 0.2) is 0 Å². The van der Waals surface area contributed by atoms with Crippen molar-refractivity contribution in [1.29, 1.82) is 0 Å². The summed E-state index contributed by atoms with van der Waals surface area (Å²) < 4.78 is 0. The smallest absolute Gasteiger partial charge is 0.288 e. The Kier molecular flexibility index (Phi) is 3.50. The minimum Gasteiger partial charge on any atom is -0.347 e. The number of amides is 1. The number of nitrogens with two attached hydrogens (primary N) is 1. The highest BCUT2D eigenvalue weighted by Gasteiger charge is 2.31. The van der Waals surface area contributed by atoms with Crippen molar-refractivity contribution < 1.29 is 9.59 Å². The minimum atomic E-state index is -0.606. The van der Waals surface area contributed by atoms with Crippen LogP contribution in [0.5, 0.6) is 0 Å². The van der Waals surface area contributed by atoms with Gasteiger partial charge in [-0.3, -0.25) is 9.59 Å². The molecular weight excluding hydrogens is 192 g/mol. The number of carbonyl (C=O) groups excluding carboxylic acids is 2. The molecule has 0 spiro atoms. The molecule has 4 nitrogen and oxygen atoms in total. The van der Waals surface area contributed by atoms with Crippen molar-refractivity contribution in [2.75, 3.05) is 0 Å². The summed E-state index contributed by atoms with van der Waals surface area (Å²) in [6.07, 6.45) is 2.59. The third-order valence-corrected chi connectivity index (χ3v) is 2.70. The molecule has 1 aliphatic carbocycles. The minimum absolute atomic E-state index is 0.0822. The van der Waals surface area contributed by atoms with Gasteiger partial charge in [0.2, 0.25) is 5.78 Å². The molecule has 0 unspecified atom stereocenters. The Balaban J connectivity index is 2.46. The van der Waals surface area contributed by atoms with Gasteiger partial charge in [0.15, 0.2) is 0 Å². The molecule has 0 aromatic rings. The van der Waals surface area contributed by atoms with Gasteiger partial charge in [0.25, 0.3) is 5.91 Å². The van der Waals surface area contributed by atoms with E-state index in [1.54, 1.807) is 20.8 Å². The molecule has 4 heteroatoms. The van der Waals surface area contributed by atoms with Gasteiger partial charge in [0.1, 0.15) is 0 Å². The molecule has 2 atom stereocenters. The molecular formula is C11H20N2O2. The Labute approximate surface area is 90.6 Å². The van der Waals surface area contributed by atoms with Crippen molar-refractivity contribution in [3.63, 3.8) is 0 Å². The fourth-order valence-electron chi connectivity index (χ4n) is 1.74. The molecule has 1 saturated carbocycles. The van der Waals surface area contributed by atoms with Gasteiger partial charge in [-0.25, -0.2) is 0 Å². The van der Waals surface area contributed by atoms with Crippen molar-refractivity contribution in [3.05, 3.63) is 0 Å². The Hall–Kier alpha value is -0.900. The fourth-order valence-corrected chi connectivity index (χ4v) is 1.74. The summed E-state index contributed by atoms with van der Waals surface area (Å²) in [5.41, 5.74) is 5.12. The molecule has 0 aromatic carbocycles. The van der Waals surface area contributed by atoms with E-state index in [0.29, 0.717) is 0 Å². The summed E-state index contributed by atoms with van der Waals surface area (Å²) in [4.78, 5) is 23.1. The van der Waals surface area contributed by atoms with Gasteiger partial charge in [-0.1, -0.05) is 20.8 Å². The van der Waals surface area contributed by atoms with E-state index < -0.39 is 11.3 Å². The monoisotopic (exact) mass is 212 g/mol. The molecule has 1 aliphatic rings. The van der Waals surface area contributed by atoms with Gasteiger partial charge in [0.05, 0.1) is 0 Å². The number of hydrogen-bond acceptors (Lipinski definition) is 3. The van der Waals surface area contributed by atoms with Crippen LogP contribution in [0.3, 0.4) is 0 Å². The molecule has 0 bridgehead atoms. The third kappa shape index (κ3) is 3.30. The van der Waals surface area contributed by atoms with Crippen molar-refractivity contribution in [3.8, 4) is 0 Å². The summed E-state index contributed by atoms with van der Waals surface area (Å²) in [5, 5.41) is 2.75. The maximum Gasteiger partial charge on any atom is 0.288 e. The first-order valence-corrected chi connectivity index (χ1v) is 5.41. The van der Waals surface area contributed by atoms with Gasteiger partial charge in [-0.05, 0) is 19.3 Å². The van der Waals surface area contributed by atoms with Crippen molar-refractivity contribution in [2.24, 2.45) is 11.1 Å². The number of carbonyl (C=O) groups is 2. The topological polar surface area (TPSA) is 72.2 Å². The lowest BCUT2D eigenvalue weighted by Crippen LogP contribution is -2.43. The Morgan fingerprint density at radius 1 is 1.27 bits per heavy atom. The maximum absolute atomic E-state index is 11.6. The van der Waals surface area contributed by atoms with Crippen LogP contribution in [-0.2, 0) is 9.59 Å². The van der Waals surface area contributed by atoms with E-state index in [4.69, 9.17) is 5.73 Å². The van der Waals surface area contributed by atoms with Crippen LogP contribution < -0.4 is 11.1 Å². The molecule has 1 fully saturated rings. The van der Waals surface area contributed by atoms with Gasteiger partial charge in [0, 0.05) is 17.5 Å². The standard InChI is InChI=1S/C11H20N2O2/c1-11(2,3)9(14)10(15)13-8-5-4-7(12)6-8/h7-8H,4-6,12H2,1-3H3,(H,13,15)/t7-,8+/m0/s1. The van der Waals surface area contributed by atoms with Crippen LogP contribution in [-0.4, -0.2) is 23.8 Å². The van der Waals surface area contributed by atoms with Crippen LogP contribution in [0.1, 0.15) is 40.0 Å². The molecule has 0 radical (unpaired) electrons. The Bertz CT molecular complexity index is 268. The first kappa shape index (κ1) is 12.2. The second kappa shape index (κ2) is 4.31. The van der Waals surface area contributed by atoms with Gasteiger partial charge < -0.3 is 11.1 Å². The fraction of sp³-hybridized carbons (Fsp3) is 0.818. The molecule has 0 aromatic heterocycles. The average Bonchev–Trinajstić information content (AvgIpc) is 2.48. The van der Waals surface area contributed by atoms with Crippen LogP contribution in [0, 0.1) is 5.41 Å². The number of hydrogen-bond donors (Lipinski definition) is 2. The quantitative estimate of drug-likeness (QED) is 0.658. The SMILES string of the molecule is CC(C)(C)C(=O)C(=O)N[C@@H]1CC[C@H](N)C1. The zero-order valence-electron chi connectivity index (χ0n) is 9.67. The van der Waals surface area contributed by atoms with Crippen LogP contribution in [0.2, 0.25) is 0 Å². The largest absolute Gasteiger partial charge is 0.347 e. The van der Waals surface area contributed by atoms with Crippen LogP contribution >= 0.6 is 0 Å². The number of nitrogens with one attached hydrogen (secondary N) is 1. The molecule has 0 heterocycles. The highest BCUT2D eigenvalue weighted by molar-refractivity contribution is 6.37. The molecule has 1 amide bonds. The third-order valence-electron chi connectivity index (χ3n) is 2.70. The predicted octanol–water partition coefficient (Wildman–Crippen LogP) is 0.598. The van der Waals surface area contributed by atoms with E-state index in [-0.39, 0.29) is 17.9 Å². The van der Waals surface area contributed by atoms with Crippen LogP contribution in [0.4, 0.5) is 0 Å². The first-order chi connectivity index (χ1) is 6.80. The number of ketones is 1. The molecule has 1 rings (SSSR count). The number of rotatable bonds is 2. The summed E-state index contributed by atoms with van der Waals surface area (Å²) in [5.74, 6) is -0.829. The lowest BCUT2D eigenvalue weighted by atomic mass is 9.90. The second-order valence-electron chi connectivity index (χ2n) is 5.32. The van der Waals surface area contributed by atoms with Gasteiger partial charge in [-0.15, -0.1) is 0 Å². The molecule has 0 saturated heterocycles. The van der Waals surface area contributed by atoms with E-state index in [1.807, 2.05) is 0 Å². The molecule has 3 N–H and O–H groups in total. The summed E-state index contributed by atoms with van der Waals surface area (Å²) in [6.45, 7) is 5.24. The normalized spacial score (nSPS) is 26.4. The zero-order chi connectivity index (χ0) is 11.6. The van der Waals surface area contributed by atoms with Crippen molar-refractivity contribution in [2.45, 2.75) is 52.1 Å².